The van der Waals surface area contributed by atoms with Crippen LogP contribution >= 0.6 is 0 Å². The van der Waals surface area contributed by atoms with E-state index >= 15 is 0 Å². The van der Waals surface area contributed by atoms with E-state index < -0.39 is 0 Å². The summed E-state index contributed by atoms with van der Waals surface area (Å²) in [5.74, 6) is 0.357. The minimum absolute atomic E-state index is 0.160. The third kappa shape index (κ3) is 4.40. The van der Waals surface area contributed by atoms with Gasteiger partial charge in [0.05, 0.1) is 0 Å². The minimum atomic E-state index is -0.335. The molecule has 0 fully saturated rings. The maximum absolute atomic E-state index is 10.8. The standard InChI is InChI=1S/C12H14O3/c1-9(13)6-7-11-4-3-5-12(8-11)15-10(2)14/h3-5,8H,6-7H2,1-2H3. The van der Waals surface area contributed by atoms with Crippen LogP contribution in [0.25, 0.3) is 0 Å². The molecule has 0 heterocycles. The molecular weight excluding hydrogens is 192 g/mol. The minimum Gasteiger partial charge on any atom is -0.427 e. The van der Waals surface area contributed by atoms with Crippen molar-refractivity contribution in [2.24, 2.45) is 0 Å². The Bertz CT molecular complexity index is 369. The molecule has 0 aliphatic heterocycles. The van der Waals surface area contributed by atoms with Gasteiger partial charge in [0.25, 0.3) is 0 Å². The number of ketones is 1. The van der Waals surface area contributed by atoms with E-state index in [1.807, 2.05) is 12.1 Å². The molecule has 0 N–H and O–H groups in total. The molecule has 15 heavy (non-hydrogen) atoms. The molecule has 3 heteroatoms. The quantitative estimate of drug-likeness (QED) is 0.560. The van der Waals surface area contributed by atoms with Crippen LogP contribution in [-0.2, 0) is 16.0 Å². The fourth-order valence-electron chi connectivity index (χ4n) is 1.25. The fourth-order valence-corrected chi connectivity index (χ4v) is 1.25. The van der Waals surface area contributed by atoms with Crippen molar-refractivity contribution in [2.45, 2.75) is 26.7 Å². The lowest BCUT2D eigenvalue weighted by Gasteiger charge is -2.03. The third-order valence-electron chi connectivity index (χ3n) is 1.93. The van der Waals surface area contributed by atoms with Gasteiger partial charge in [-0.25, -0.2) is 0 Å². The molecule has 80 valence electrons. The van der Waals surface area contributed by atoms with E-state index in [2.05, 4.69) is 0 Å². The second-order valence-corrected chi connectivity index (χ2v) is 3.44. The number of esters is 1. The number of rotatable bonds is 4. The van der Waals surface area contributed by atoms with Crippen molar-refractivity contribution < 1.29 is 14.3 Å². The Balaban J connectivity index is 2.65. The summed E-state index contributed by atoms with van der Waals surface area (Å²) in [7, 11) is 0. The molecule has 0 amide bonds. The normalized spacial score (nSPS) is 9.73. The molecule has 1 rings (SSSR count). The molecule has 0 aromatic heterocycles. The van der Waals surface area contributed by atoms with Crippen LogP contribution in [0.2, 0.25) is 0 Å². The van der Waals surface area contributed by atoms with E-state index in [0.717, 1.165) is 5.56 Å². The summed E-state index contributed by atoms with van der Waals surface area (Å²) in [6.45, 7) is 2.93. The van der Waals surface area contributed by atoms with Crippen molar-refractivity contribution in [2.75, 3.05) is 0 Å². The van der Waals surface area contributed by atoms with Crippen LogP contribution in [0.1, 0.15) is 25.8 Å². The van der Waals surface area contributed by atoms with E-state index in [4.69, 9.17) is 4.74 Å². The molecule has 1 aromatic carbocycles. The summed E-state index contributed by atoms with van der Waals surface area (Å²) in [6, 6.07) is 7.23. The molecular formula is C12H14O3. The van der Waals surface area contributed by atoms with E-state index in [1.165, 1.54) is 6.92 Å². The molecule has 1 aromatic rings. The predicted octanol–water partition coefficient (Wildman–Crippen LogP) is 2.13. The highest BCUT2D eigenvalue weighted by Crippen LogP contribution is 2.14. The summed E-state index contributed by atoms with van der Waals surface area (Å²) >= 11 is 0. The molecule has 0 aliphatic rings. The van der Waals surface area contributed by atoms with Crippen molar-refractivity contribution in [3.05, 3.63) is 29.8 Å². The topological polar surface area (TPSA) is 43.4 Å². The maximum Gasteiger partial charge on any atom is 0.308 e. The largest absolute Gasteiger partial charge is 0.427 e. The highest BCUT2D eigenvalue weighted by molar-refractivity contribution is 5.75. The monoisotopic (exact) mass is 206 g/mol. The van der Waals surface area contributed by atoms with Gasteiger partial charge in [0, 0.05) is 13.3 Å². The number of carbonyl (C=O) groups is 2. The Kier molecular flexibility index (Phi) is 4.03. The van der Waals surface area contributed by atoms with Crippen LogP contribution in [-0.4, -0.2) is 11.8 Å². The molecule has 3 nitrogen and oxygen atoms in total. The second-order valence-electron chi connectivity index (χ2n) is 3.44. The van der Waals surface area contributed by atoms with Crippen molar-refractivity contribution in [1.29, 1.82) is 0 Å². The molecule has 0 saturated carbocycles. The van der Waals surface area contributed by atoms with Gasteiger partial charge in [0.1, 0.15) is 11.5 Å². The first kappa shape index (κ1) is 11.4. The van der Waals surface area contributed by atoms with Crippen molar-refractivity contribution >= 4 is 11.8 Å². The number of hydrogen-bond donors (Lipinski definition) is 0. The molecule has 0 saturated heterocycles. The zero-order chi connectivity index (χ0) is 11.3. The lowest BCUT2D eigenvalue weighted by molar-refractivity contribution is -0.131. The van der Waals surface area contributed by atoms with Crippen LogP contribution in [0, 0.1) is 0 Å². The van der Waals surface area contributed by atoms with Gasteiger partial charge in [0.15, 0.2) is 0 Å². The molecule has 0 aliphatic carbocycles. The summed E-state index contributed by atoms with van der Waals surface area (Å²) in [4.78, 5) is 21.5. The molecule has 0 atom stereocenters. The highest BCUT2D eigenvalue weighted by Gasteiger charge is 2.01. The van der Waals surface area contributed by atoms with Crippen LogP contribution in [0.15, 0.2) is 24.3 Å². The van der Waals surface area contributed by atoms with Gasteiger partial charge in [-0.2, -0.15) is 0 Å². The van der Waals surface area contributed by atoms with Gasteiger partial charge in [-0.15, -0.1) is 0 Å². The number of hydrogen-bond acceptors (Lipinski definition) is 3. The second kappa shape index (κ2) is 5.29. The Morgan fingerprint density at radius 3 is 2.60 bits per heavy atom. The average Bonchev–Trinajstić information content (AvgIpc) is 2.14. The van der Waals surface area contributed by atoms with E-state index in [9.17, 15) is 9.59 Å². The molecule has 0 bridgehead atoms. The number of aryl methyl sites for hydroxylation is 1. The first-order chi connectivity index (χ1) is 7.08. The van der Waals surface area contributed by atoms with Crippen molar-refractivity contribution in [3.8, 4) is 5.75 Å². The first-order valence-electron chi connectivity index (χ1n) is 4.84. The van der Waals surface area contributed by atoms with Gasteiger partial charge >= 0.3 is 5.97 Å². The maximum atomic E-state index is 10.8. The van der Waals surface area contributed by atoms with Crippen LogP contribution in [0.3, 0.4) is 0 Å². The van der Waals surface area contributed by atoms with Gasteiger partial charge in [-0.05, 0) is 31.0 Å². The molecule has 0 radical (unpaired) electrons. The number of carbonyl (C=O) groups excluding carboxylic acids is 2. The van der Waals surface area contributed by atoms with Crippen molar-refractivity contribution in [1.82, 2.24) is 0 Å². The van der Waals surface area contributed by atoms with Gasteiger partial charge in [0.2, 0.25) is 0 Å². The zero-order valence-electron chi connectivity index (χ0n) is 8.95. The van der Waals surface area contributed by atoms with Crippen molar-refractivity contribution in [3.63, 3.8) is 0 Å². The highest BCUT2D eigenvalue weighted by atomic mass is 16.5. The fraction of sp³-hybridized carbons (Fsp3) is 0.333. The molecule has 0 spiro atoms. The third-order valence-corrected chi connectivity index (χ3v) is 1.93. The number of Topliss-reactive ketones (excluding diaryl/α,β-unsaturated/α-hetero) is 1. The first-order valence-corrected chi connectivity index (χ1v) is 4.84. The summed E-state index contributed by atoms with van der Waals surface area (Å²) in [5, 5.41) is 0. The summed E-state index contributed by atoms with van der Waals surface area (Å²) < 4.78 is 4.94. The Labute approximate surface area is 89.1 Å². The van der Waals surface area contributed by atoms with Gasteiger partial charge in [-0.1, -0.05) is 12.1 Å². The smallest absolute Gasteiger partial charge is 0.308 e. The Morgan fingerprint density at radius 1 is 1.27 bits per heavy atom. The van der Waals surface area contributed by atoms with Crippen LogP contribution in [0.4, 0.5) is 0 Å². The Morgan fingerprint density at radius 2 is 2.00 bits per heavy atom. The number of ether oxygens (including phenoxy) is 1. The lowest BCUT2D eigenvalue weighted by atomic mass is 10.1. The number of benzene rings is 1. The van der Waals surface area contributed by atoms with E-state index in [1.54, 1.807) is 19.1 Å². The molecule has 0 unspecified atom stereocenters. The zero-order valence-corrected chi connectivity index (χ0v) is 8.95. The van der Waals surface area contributed by atoms with Crippen LogP contribution in [0.5, 0.6) is 5.75 Å². The summed E-state index contributed by atoms with van der Waals surface area (Å²) in [6.07, 6.45) is 1.20. The predicted molar refractivity (Wildman–Crippen MR) is 56.8 cm³/mol. The Hall–Kier alpha value is -1.64. The van der Waals surface area contributed by atoms with E-state index in [0.29, 0.717) is 18.6 Å². The van der Waals surface area contributed by atoms with Gasteiger partial charge in [-0.3, -0.25) is 4.79 Å². The average molecular weight is 206 g/mol. The lowest BCUT2D eigenvalue weighted by Crippen LogP contribution is -2.02. The summed E-state index contributed by atoms with van der Waals surface area (Å²) in [5.41, 5.74) is 1.00. The van der Waals surface area contributed by atoms with E-state index in [-0.39, 0.29) is 11.8 Å². The van der Waals surface area contributed by atoms with Crippen LogP contribution < -0.4 is 4.74 Å². The SMILES string of the molecule is CC(=O)CCc1cccc(OC(C)=O)c1. The van der Waals surface area contributed by atoms with Gasteiger partial charge < -0.3 is 9.53 Å².